The standard InChI is InChI=1S/C16H17FN2O2/c1-10-14(6-7-18-10)16(21)19-9-13(20)8-15(19)11-2-4-12(17)5-3-11/h2-7,13,15,18,20H,8-9H2,1H3/t13-,15+/m0/s1. The van der Waals surface area contributed by atoms with Gasteiger partial charge < -0.3 is 15.0 Å². The fourth-order valence-corrected chi connectivity index (χ4v) is 2.88. The van der Waals surface area contributed by atoms with Gasteiger partial charge in [0.15, 0.2) is 0 Å². The van der Waals surface area contributed by atoms with Crippen LogP contribution in [-0.2, 0) is 0 Å². The zero-order valence-electron chi connectivity index (χ0n) is 11.7. The number of carbonyl (C=O) groups excluding carboxylic acids is 1. The second kappa shape index (κ2) is 5.33. The Morgan fingerprint density at radius 1 is 1.33 bits per heavy atom. The van der Waals surface area contributed by atoms with Crippen LogP contribution < -0.4 is 0 Å². The van der Waals surface area contributed by atoms with Gasteiger partial charge in [-0.2, -0.15) is 0 Å². The molecule has 1 fully saturated rings. The van der Waals surface area contributed by atoms with E-state index in [9.17, 15) is 14.3 Å². The van der Waals surface area contributed by atoms with Gasteiger partial charge in [-0.15, -0.1) is 0 Å². The lowest BCUT2D eigenvalue weighted by molar-refractivity contribution is 0.0715. The first-order valence-corrected chi connectivity index (χ1v) is 6.94. The van der Waals surface area contributed by atoms with Gasteiger partial charge in [-0.1, -0.05) is 12.1 Å². The topological polar surface area (TPSA) is 56.3 Å². The van der Waals surface area contributed by atoms with Gasteiger partial charge in [0.2, 0.25) is 0 Å². The number of aromatic amines is 1. The van der Waals surface area contributed by atoms with Crippen LogP contribution in [0.25, 0.3) is 0 Å². The molecule has 4 nitrogen and oxygen atoms in total. The van der Waals surface area contributed by atoms with Crippen molar-refractivity contribution in [3.05, 3.63) is 59.2 Å². The molecule has 3 rings (SSSR count). The second-order valence-electron chi connectivity index (χ2n) is 5.43. The zero-order valence-corrected chi connectivity index (χ0v) is 11.7. The van der Waals surface area contributed by atoms with Crippen LogP contribution in [-0.4, -0.2) is 33.5 Å². The Morgan fingerprint density at radius 2 is 2.05 bits per heavy atom. The first kappa shape index (κ1) is 13.8. The number of halogens is 1. The van der Waals surface area contributed by atoms with E-state index >= 15 is 0 Å². The Balaban J connectivity index is 1.91. The lowest BCUT2D eigenvalue weighted by Crippen LogP contribution is -2.32. The molecule has 0 unspecified atom stereocenters. The number of β-amino-alcohol motifs (C(OH)–C–C–N with tert-alkyl or cyclic N) is 1. The molecule has 1 aromatic heterocycles. The lowest BCUT2D eigenvalue weighted by Gasteiger charge is -2.24. The van der Waals surface area contributed by atoms with Gasteiger partial charge in [0.05, 0.1) is 17.7 Å². The summed E-state index contributed by atoms with van der Waals surface area (Å²) in [5.74, 6) is -0.420. The summed E-state index contributed by atoms with van der Waals surface area (Å²) in [5, 5.41) is 9.93. The summed E-state index contributed by atoms with van der Waals surface area (Å²) >= 11 is 0. The van der Waals surface area contributed by atoms with Gasteiger partial charge in [-0.3, -0.25) is 4.79 Å². The predicted octanol–water partition coefficient (Wildman–Crippen LogP) is 2.41. The quantitative estimate of drug-likeness (QED) is 0.891. The van der Waals surface area contributed by atoms with Gasteiger partial charge in [-0.25, -0.2) is 4.39 Å². The number of aliphatic hydroxyl groups is 1. The summed E-state index contributed by atoms with van der Waals surface area (Å²) in [6.45, 7) is 2.14. The third-order valence-corrected chi connectivity index (χ3v) is 3.98. The number of likely N-dealkylation sites (tertiary alicyclic amines) is 1. The number of nitrogens with zero attached hydrogens (tertiary/aromatic N) is 1. The molecular weight excluding hydrogens is 271 g/mol. The van der Waals surface area contributed by atoms with E-state index in [-0.39, 0.29) is 17.8 Å². The fraction of sp³-hybridized carbons (Fsp3) is 0.312. The summed E-state index contributed by atoms with van der Waals surface area (Å²) in [6, 6.07) is 7.62. The van der Waals surface area contributed by atoms with E-state index in [1.165, 1.54) is 12.1 Å². The van der Waals surface area contributed by atoms with E-state index in [1.807, 2.05) is 6.92 Å². The molecule has 110 valence electrons. The highest BCUT2D eigenvalue weighted by atomic mass is 19.1. The molecule has 2 aromatic rings. The summed E-state index contributed by atoms with van der Waals surface area (Å²) < 4.78 is 13.0. The van der Waals surface area contributed by atoms with Crippen molar-refractivity contribution in [2.24, 2.45) is 0 Å². The summed E-state index contributed by atoms with van der Waals surface area (Å²) in [7, 11) is 0. The molecule has 0 bridgehead atoms. The van der Waals surface area contributed by atoms with Crippen LogP contribution in [0.2, 0.25) is 0 Å². The number of amides is 1. The van der Waals surface area contributed by atoms with Crippen molar-refractivity contribution in [3.8, 4) is 0 Å². The highest BCUT2D eigenvalue weighted by molar-refractivity contribution is 5.95. The highest BCUT2D eigenvalue weighted by Gasteiger charge is 2.36. The molecule has 1 aliphatic heterocycles. The van der Waals surface area contributed by atoms with Crippen LogP contribution >= 0.6 is 0 Å². The number of aryl methyl sites for hydroxylation is 1. The molecular formula is C16H17FN2O2. The molecule has 0 saturated carbocycles. The number of rotatable bonds is 2. The van der Waals surface area contributed by atoms with Crippen molar-refractivity contribution in [1.29, 1.82) is 0 Å². The largest absolute Gasteiger partial charge is 0.391 e. The van der Waals surface area contributed by atoms with Crippen LogP contribution in [0.4, 0.5) is 4.39 Å². The third-order valence-electron chi connectivity index (χ3n) is 3.98. The molecule has 1 aliphatic rings. The van der Waals surface area contributed by atoms with E-state index in [4.69, 9.17) is 0 Å². The van der Waals surface area contributed by atoms with Gasteiger partial charge in [0.1, 0.15) is 5.82 Å². The van der Waals surface area contributed by atoms with Crippen molar-refractivity contribution in [1.82, 2.24) is 9.88 Å². The van der Waals surface area contributed by atoms with Gasteiger partial charge >= 0.3 is 0 Å². The highest BCUT2D eigenvalue weighted by Crippen LogP contribution is 2.33. The maximum Gasteiger partial charge on any atom is 0.256 e. The molecule has 2 N–H and O–H groups in total. The Kier molecular flexibility index (Phi) is 3.51. The number of nitrogens with one attached hydrogen (secondary N) is 1. The minimum absolute atomic E-state index is 0.111. The Bertz CT molecular complexity index is 651. The molecule has 21 heavy (non-hydrogen) atoms. The smallest absolute Gasteiger partial charge is 0.256 e. The molecule has 2 heterocycles. The van der Waals surface area contributed by atoms with E-state index < -0.39 is 6.10 Å². The van der Waals surface area contributed by atoms with Gasteiger partial charge in [0.25, 0.3) is 5.91 Å². The first-order chi connectivity index (χ1) is 10.1. The number of H-pyrrole nitrogens is 1. The van der Waals surface area contributed by atoms with Crippen LogP contribution in [0.15, 0.2) is 36.5 Å². The zero-order chi connectivity index (χ0) is 15.0. The van der Waals surface area contributed by atoms with Crippen molar-refractivity contribution >= 4 is 5.91 Å². The van der Waals surface area contributed by atoms with E-state index in [0.717, 1.165) is 11.3 Å². The lowest BCUT2D eigenvalue weighted by atomic mass is 10.0. The summed E-state index contributed by atoms with van der Waals surface area (Å²) in [6.07, 6.45) is 1.64. The van der Waals surface area contributed by atoms with E-state index in [1.54, 1.807) is 29.3 Å². The van der Waals surface area contributed by atoms with Crippen molar-refractivity contribution in [2.45, 2.75) is 25.5 Å². The van der Waals surface area contributed by atoms with Crippen molar-refractivity contribution in [2.75, 3.05) is 6.54 Å². The predicted molar refractivity (Wildman–Crippen MR) is 76.3 cm³/mol. The summed E-state index contributed by atoms with van der Waals surface area (Å²) in [4.78, 5) is 17.3. The molecule has 5 heteroatoms. The normalized spacial score (nSPS) is 21.8. The van der Waals surface area contributed by atoms with Crippen molar-refractivity contribution < 1.29 is 14.3 Å². The Morgan fingerprint density at radius 3 is 2.67 bits per heavy atom. The summed E-state index contributed by atoms with van der Waals surface area (Å²) in [5.41, 5.74) is 2.25. The van der Waals surface area contributed by atoms with Crippen molar-refractivity contribution in [3.63, 3.8) is 0 Å². The van der Waals surface area contributed by atoms with Gasteiger partial charge in [-0.05, 0) is 37.1 Å². The van der Waals surface area contributed by atoms with E-state index in [2.05, 4.69) is 4.98 Å². The number of aliphatic hydroxyl groups excluding tert-OH is 1. The monoisotopic (exact) mass is 288 g/mol. The van der Waals surface area contributed by atoms with Crippen LogP contribution in [0, 0.1) is 12.7 Å². The minimum Gasteiger partial charge on any atom is -0.391 e. The number of carbonyl (C=O) groups is 1. The fourth-order valence-electron chi connectivity index (χ4n) is 2.88. The third kappa shape index (κ3) is 2.56. The van der Waals surface area contributed by atoms with Crippen LogP contribution in [0.1, 0.15) is 34.1 Å². The SMILES string of the molecule is Cc1[nH]ccc1C(=O)N1C[C@@H](O)C[C@@H]1c1ccc(F)cc1. The maximum absolute atomic E-state index is 13.0. The molecule has 0 spiro atoms. The molecule has 2 atom stereocenters. The molecule has 1 saturated heterocycles. The number of benzene rings is 1. The van der Waals surface area contributed by atoms with Crippen LogP contribution in [0.5, 0.6) is 0 Å². The van der Waals surface area contributed by atoms with E-state index in [0.29, 0.717) is 18.5 Å². The molecule has 1 aromatic carbocycles. The second-order valence-corrected chi connectivity index (χ2v) is 5.43. The number of hydrogen-bond donors (Lipinski definition) is 2. The minimum atomic E-state index is -0.553. The van der Waals surface area contributed by atoms with Crippen LogP contribution in [0.3, 0.4) is 0 Å². The average molecular weight is 288 g/mol. The molecule has 1 amide bonds. The molecule has 0 radical (unpaired) electrons. The van der Waals surface area contributed by atoms with Gasteiger partial charge in [0, 0.05) is 18.4 Å². The molecule has 0 aliphatic carbocycles. The Hall–Kier alpha value is -2.14. The Labute approximate surface area is 122 Å². The average Bonchev–Trinajstić information content (AvgIpc) is 3.05. The number of aromatic nitrogens is 1. The number of hydrogen-bond acceptors (Lipinski definition) is 2. The first-order valence-electron chi connectivity index (χ1n) is 6.94. The maximum atomic E-state index is 13.0.